The summed E-state index contributed by atoms with van der Waals surface area (Å²) in [6.45, 7) is 4.08. The number of benzene rings is 2. The lowest BCUT2D eigenvalue weighted by Gasteiger charge is -2.06. The molecule has 118 valence electrons. The molecule has 0 spiro atoms. The Balaban J connectivity index is 1.95. The summed E-state index contributed by atoms with van der Waals surface area (Å²) in [7, 11) is 0. The van der Waals surface area contributed by atoms with Crippen molar-refractivity contribution < 1.29 is 9.53 Å². The molecule has 0 fully saturated rings. The first-order chi connectivity index (χ1) is 11.0. The van der Waals surface area contributed by atoms with Gasteiger partial charge in [0.25, 0.3) is 0 Å². The summed E-state index contributed by atoms with van der Waals surface area (Å²) in [6, 6.07) is 9.10. The summed E-state index contributed by atoms with van der Waals surface area (Å²) < 4.78 is 5.76. The Bertz CT molecular complexity index is 892. The maximum Gasteiger partial charge on any atom is 0.338 e. The number of aryl methyl sites for hydroxylation is 1. The van der Waals surface area contributed by atoms with Gasteiger partial charge in [-0.2, -0.15) is 0 Å². The lowest BCUT2D eigenvalue weighted by Crippen LogP contribution is -2.24. The molecule has 0 saturated carbocycles. The normalized spacial score (nSPS) is 15.5. The predicted molar refractivity (Wildman–Crippen MR) is 90.7 cm³/mol. The van der Waals surface area contributed by atoms with E-state index in [1.54, 1.807) is 19.1 Å². The molecule has 0 aliphatic carbocycles. The van der Waals surface area contributed by atoms with Gasteiger partial charge in [-0.05, 0) is 59.1 Å². The number of nitrogen functional groups attached to an aromatic ring is 1. The summed E-state index contributed by atoms with van der Waals surface area (Å²) >= 11 is 3.49. The molecule has 1 aliphatic heterocycles. The number of carbonyl (C=O) groups excluding carboxylic acids is 1. The number of esters is 1. The number of nitrogens with two attached hydrogens (primary N) is 1. The molecule has 2 aromatic carbocycles. The third-order valence-corrected chi connectivity index (χ3v) is 4.50. The van der Waals surface area contributed by atoms with Crippen molar-refractivity contribution in [3.05, 3.63) is 62.2 Å². The second-order valence-electron chi connectivity index (χ2n) is 5.26. The zero-order valence-corrected chi connectivity index (χ0v) is 14.4. The van der Waals surface area contributed by atoms with E-state index in [1.807, 2.05) is 25.1 Å². The van der Waals surface area contributed by atoms with Gasteiger partial charge in [-0.15, -0.1) is 0 Å². The average Bonchev–Trinajstić information content (AvgIpc) is 2.97. The molecule has 0 aromatic heterocycles. The number of fused-ring (bicyclic) bond motifs is 1. The lowest BCUT2D eigenvalue weighted by atomic mass is 10.1. The third-order valence-electron chi connectivity index (χ3n) is 3.70. The fourth-order valence-electron chi connectivity index (χ4n) is 2.42. The summed E-state index contributed by atoms with van der Waals surface area (Å²) in [5.41, 5.74) is 9.10. The van der Waals surface area contributed by atoms with Crippen molar-refractivity contribution in [1.82, 2.24) is 0 Å². The van der Waals surface area contributed by atoms with Gasteiger partial charge in [0.2, 0.25) is 0 Å². The first kappa shape index (κ1) is 15.7. The summed E-state index contributed by atoms with van der Waals surface area (Å²) in [4.78, 5) is 20.9. The van der Waals surface area contributed by atoms with Gasteiger partial charge in [0.15, 0.2) is 6.17 Å². The minimum atomic E-state index is -0.325. The molecule has 1 unspecified atom stereocenters. The standard InChI is InChI=1S/C17H16BrN3O2/c1-3-23-17(22)11-6-4-10(5-7-11)16-20-12-8-9(2)14(19)13(18)15(12)21-16/h4-8,16H,3,19H2,1-2H3. The van der Waals surface area contributed by atoms with Gasteiger partial charge in [0.05, 0.1) is 27.7 Å². The SMILES string of the molecule is CCOC(=O)c1ccc(C2N=c3cc(C)c(N)c(Br)c3=N2)cc1. The van der Waals surface area contributed by atoms with Crippen LogP contribution >= 0.6 is 15.9 Å². The van der Waals surface area contributed by atoms with Crippen molar-refractivity contribution >= 4 is 27.6 Å². The molecule has 0 bridgehead atoms. The van der Waals surface area contributed by atoms with Crippen LogP contribution < -0.4 is 16.4 Å². The molecular formula is C17H16BrN3O2. The second kappa shape index (κ2) is 6.12. The highest BCUT2D eigenvalue weighted by atomic mass is 79.9. The van der Waals surface area contributed by atoms with E-state index in [0.717, 1.165) is 26.3 Å². The molecule has 0 saturated heterocycles. The zero-order chi connectivity index (χ0) is 16.6. The number of halogens is 1. The van der Waals surface area contributed by atoms with Crippen molar-refractivity contribution in [2.75, 3.05) is 12.3 Å². The summed E-state index contributed by atoms with van der Waals surface area (Å²) in [5, 5.41) is 1.59. The van der Waals surface area contributed by atoms with Crippen molar-refractivity contribution in [2.45, 2.75) is 20.0 Å². The van der Waals surface area contributed by atoms with Crippen LogP contribution in [0.4, 0.5) is 5.69 Å². The van der Waals surface area contributed by atoms with Gasteiger partial charge >= 0.3 is 5.97 Å². The van der Waals surface area contributed by atoms with Crippen LogP contribution in [0.1, 0.15) is 34.6 Å². The van der Waals surface area contributed by atoms with Gasteiger partial charge in [-0.25, -0.2) is 4.79 Å². The van der Waals surface area contributed by atoms with Crippen LogP contribution in [0.3, 0.4) is 0 Å². The maximum atomic E-state index is 11.7. The minimum Gasteiger partial charge on any atom is -0.462 e. The van der Waals surface area contributed by atoms with Crippen LogP contribution in [-0.2, 0) is 4.74 Å². The Morgan fingerprint density at radius 2 is 2.00 bits per heavy atom. The van der Waals surface area contributed by atoms with E-state index in [0.29, 0.717) is 17.9 Å². The number of hydrogen-bond donors (Lipinski definition) is 1. The van der Waals surface area contributed by atoms with Crippen LogP contribution in [0, 0.1) is 6.92 Å². The Labute approximate surface area is 142 Å². The first-order valence-corrected chi connectivity index (χ1v) is 8.08. The van der Waals surface area contributed by atoms with Crippen LogP contribution in [0.15, 0.2) is 44.8 Å². The average molecular weight is 374 g/mol. The van der Waals surface area contributed by atoms with Crippen molar-refractivity contribution in [3.8, 4) is 0 Å². The highest BCUT2D eigenvalue weighted by Gasteiger charge is 2.17. The molecule has 3 rings (SSSR count). The number of hydrogen-bond acceptors (Lipinski definition) is 5. The molecule has 1 heterocycles. The highest BCUT2D eigenvalue weighted by Crippen LogP contribution is 2.23. The molecule has 5 nitrogen and oxygen atoms in total. The Morgan fingerprint density at radius 1 is 1.30 bits per heavy atom. The van der Waals surface area contributed by atoms with E-state index < -0.39 is 0 Å². The van der Waals surface area contributed by atoms with Gasteiger partial charge in [-0.3, -0.25) is 9.98 Å². The zero-order valence-electron chi connectivity index (χ0n) is 12.8. The van der Waals surface area contributed by atoms with E-state index in [1.165, 1.54) is 0 Å². The van der Waals surface area contributed by atoms with Crippen molar-refractivity contribution in [3.63, 3.8) is 0 Å². The van der Waals surface area contributed by atoms with Gasteiger partial charge in [-0.1, -0.05) is 12.1 Å². The van der Waals surface area contributed by atoms with Gasteiger partial charge in [0.1, 0.15) is 5.36 Å². The van der Waals surface area contributed by atoms with E-state index in [4.69, 9.17) is 10.5 Å². The number of rotatable bonds is 3. The molecule has 23 heavy (non-hydrogen) atoms. The number of ether oxygens (including phenoxy) is 1. The lowest BCUT2D eigenvalue weighted by molar-refractivity contribution is 0.0526. The van der Waals surface area contributed by atoms with Crippen LogP contribution in [0.2, 0.25) is 0 Å². The third kappa shape index (κ3) is 2.86. The van der Waals surface area contributed by atoms with Crippen LogP contribution in [0.25, 0.3) is 0 Å². The first-order valence-electron chi connectivity index (χ1n) is 7.28. The summed E-state index contributed by atoms with van der Waals surface area (Å²) in [6.07, 6.45) is -0.321. The van der Waals surface area contributed by atoms with E-state index in [-0.39, 0.29) is 12.1 Å². The maximum absolute atomic E-state index is 11.7. The quantitative estimate of drug-likeness (QED) is 0.662. The van der Waals surface area contributed by atoms with Crippen molar-refractivity contribution in [1.29, 1.82) is 0 Å². The van der Waals surface area contributed by atoms with E-state index in [2.05, 4.69) is 25.9 Å². The molecule has 1 atom stereocenters. The monoisotopic (exact) mass is 373 g/mol. The molecule has 1 aliphatic rings. The Kier molecular flexibility index (Phi) is 4.17. The molecule has 0 radical (unpaired) electrons. The van der Waals surface area contributed by atoms with Gasteiger partial charge in [0, 0.05) is 0 Å². The fraction of sp³-hybridized carbons (Fsp3) is 0.235. The number of carbonyl (C=O) groups is 1. The molecule has 6 heteroatoms. The fourth-order valence-corrected chi connectivity index (χ4v) is 3.04. The van der Waals surface area contributed by atoms with Crippen LogP contribution in [-0.4, -0.2) is 12.6 Å². The minimum absolute atomic E-state index is 0.321. The van der Waals surface area contributed by atoms with Crippen molar-refractivity contribution in [2.24, 2.45) is 9.98 Å². The van der Waals surface area contributed by atoms with Gasteiger partial charge < -0.3 is 10.5 Å². The topological polar surface area (TPSA) is 77.0 Å². The second-order valence-corrected chi connectivity index (χ2v) is 6.06. The predicted octanol–water partition coefficient (Wildman–Crippen LogP) is 2.47. The number of anilines is 1. The summed E-state index contributed by atoms with van der Waals surface area (Å²) in [5.74, 6) is -0.325. The Morgan fingerprint density at radius 3 is 2.65 bits per heavy atom. The van der Waals surface area contributed by atoms with Crippen LogP contribution in [0.5, 0.6) is 0 Å². The largest absolute Gasteiger partial charge is 0.462 e. The number of nitrogens with zero attached hydrogens (tertiary/aromatic N) is 2. The Hall–Kier alpha value is -2.21. The van der Waals surface area contributed by atoms with E-state index >= 15 is 0 Å². The van der Waals surface area contributed by atoms with E-state index in [9.17, 15) is 4.79 Å². The highest BCUT2D eigenvalue weighted by molar-refractivity contribution is 9.10. The molecule has 2 N–H and O–H groups in total. The molecule has 2 aromatic rings. The molecule has 0 amide bonds. The smallest absolute Gasteiger partial charge is 0.338 e. The molecular weight excluding hydrogens is 358 g/mol.